The predicted molar refractivity (Wildman–Crippen MR) is 54.8 cm³/mol. The Labute approximate surface area is 92.1 Å². The highest BCUT2D eigenvalue weighted by Crippen LogP contribution is 1.92. The van der Waals surface area contributed by atoms with Gasteiger partial charge in [0, 0.05) is 12.7 Å². The third-order valence-corrected chi connectivity index (χ3v) is 1.62. The fourth-order valence-electron chi connectivity index (χ4n) is 0.782. The van der Waals surface area contributed by atoms with E-state index in [4.69, 9.17) is 10.2 Å². The zero-order chi connectivity index (χ0) is 12.6. The SMILES string of the molecule is CCCCNC(=O)NC=C(C(=O)O)C(=O)O. The second kappa shape index (κ2) is 7.27. The molecule has 0 aromatic carbocycles. The van der Waals surface area contributed by atoms with Gasteiger partial charge < -0.3 is 20.8 Å². The van der Waals surface area contributed by atoms with E-state index in [1.807, 2.05) is 12.2 Å². The van der Waals surface area contributed by atoms with Crippen molar-refractivity contribution in [2.24, 2.45) is 0 Å². The molecule has 0 heterocycles. The van der Waals surface area contributed by atoms with Crippen molar-refractivity contribution in [1.82, 2.24) is 10.6 Å². The molecule has 0 unspecified atom stereocenters. The van der Waals surface area contributed by atoms with Gasteiger partial charge in [-0.3, -0.25) is 0 Å². The Bertz CT molecular complexity index is 295. The van der Waals surface area contributed by atoms with Crippen molar-refractivity contribution in [3.8, 4) is 0 Å². The molecule has 0 aliphatic carbocycles. The minimum Gasteiger partial charge on any atom is -0.477 e. The van der Waals surface area contributed by atoms with Crippen LogP contribution in [0.2, 0.25) is 0 Å². The molecule has 4 N–H and O–H groups in total. The van der Waals surface area contributed by atoms with Gasteiger partial charge in [0.25, 0.3) is 0 Å². The quantitative estimate of drug-likeness (QED) is 0.224. The van der Waals surface area contributed by atoms with E-state index in [0.717, 1.165) is 12.8 Å². The van der Waals surface area contributed by atoms with Crippen LogP contribution in [0.25, 0.3) is 0 Å². The minimum atomic E-state index is -1.61. The molecule has 90 valence electrons. The van der Waals surface area contributed by atoms with Gasteiger partial charge in [0.15, 0.2) is 5.57 Å². The summed E-state index contributed by atoms with van der Waals surface area (Å²) in [7, 11) is 0. The molecule has 0 radical (unpaired) electrons. The smallest absolute Gasteiger partial charge is 0.344 e. The maximum Gasteiger partial charge on any atom is 0.344 e. The van der Waals surface area contributed by atoms with Gasteiger partial charge in [0.05, 0.1) is 0 Å². The molecular weight excluding hydrogens is 216 g/mol. The number of amides is 2. The number of carbonyl (C=O) groups is 3. The monoisotopic (exact) mass is 230 g/mol. The second-order valence-corrected chi connectivity index (χ2v) is 2.92. The molecule has 0 aliphatic heterocycles. The first kappa shape index (κ1) is 13.9. The number of carbonyl (C=O) groups excluding carboxylic acids is 1. The summed E-state index contributed by atoms with van der Waals surface area (Å²) in [5.41, 5.74) is -0.898. The number of hydrogen-bond donors (Lipinski definition) is 4. The van der Waals surface area contributed by atoms with E-state index >= 15 is 0 Å². The third-order valence-electron chi connectivity index (χ3n) is 1.62. The summed E-state index contributed by atoms with van der Waals surface area (Å²) in [6, 6.07) is -0.631. The van der Waals surface area contributed by atoms with E-state index in [0.29, 0.717) is 12.7 Å². The van der Waals surface area contributed by atoms with Crippen LogP contribution in [0.15, 0.2) is 11.8 Å². The average molecular weight is 230 g/mol. The number of hydrogen-bond acceptors (Lipinski definition) is 3. The van der Waals surface area contributed by atoms with Crippen molar-refractivity contribution < 1.29 is 24.6 Å². The summed E-state index contributed by atoms with van der Waals surface area (Å²) in [6.45, 7) is 2.40. The first-order valence-corrected chi connectivity index (χ1v) is 4.70. The molecular formula is C9H14N2O5. The summed E-state index contributed by atoms with van der Waals surface area (Å²) in [5, 5.41) is 21.4. The van der Waals surface area contributed by atoms with Gasteiger partial charge in [-0.25, -0.2) is 14.4 Å². The summed E-state index contributed by atoms with van der Waals surface area (Å²) < 4.78 is 0. The summed E-state index contributed by atoms with van der Waals surface area (Å²) >= 11 is 0. The maximum absolute atomic E-state index is 11.0. The van der Waals surface area contributed by atoms with Gasteiger partial charge in [-0.2, -0.15) is 0 Å². The molecule has 2 amide bonds. The van der Waals surface area contributed by atoms with Crippen molar-refractivity contribution in [2.45, 2.75) is 19.8 Å². The lowest BCUT2D eigenvalue weighted by Gasteiger charge is -2.03. The van der Waals surface area contributed by atoms with Crippen LogP contribution in [-0.4, -0.2) is 34.7 Å². The highest BCUT2D eigenvalue weighted by molar-refractivity contribution is 6.12. The highest BCUT2D eigenvalue weighted by Gasteiger charge is 2.15. The number of carboxylic acids is 2. The Morgan fingerprint density at radius 2 is 1.75 bits per heavy atom. The molecule has 0 aromatic rings. The molecule has 0 aliphatic rings. The Morgan fingerprint density at radius 1 is 1.19 bits per heavy atom. The molecule has 0 aromatic heterocycles. The van der Waals surface area contributed by atoms with Crippen LogP contribution in [0, 0.1) is 0 Å². The fourth-order valence-corrected chi connectivity index (χ4v) is 0.782. The van der Waals surface area contributed by atoms with Crippen molar-refractivity contribution in [3.05, 3.63) is 11.8 Å². The fraction of sp³-hybridized carbons (Fsp3) is 0.444. The zero-order valence-electron chi connectivity index (χ0n) is 8.82. The average Bonchev–Trinajstić information content (AvgIpc) is 2.17. The van der Waals surface area contributed by atoms with E-state index in [-0.39, 0.29) is 0 Å². The lowest BCUT2D eigenvalue weighted by atomic mass is 10.3. The lowest BCUT2D eigenvalue weighted by molar-refractivity contribution is -0.140. The van der Waals surface area contributed by atoms with Crippen LogP contribution >= 0.6 is 0 Å². The van der Waals surface area contributed by atoms with Crippen molar-refractivity contribution in [2.75, 3.05) is 6.54 Å². The van der Waals surface area contributed by atoms with Crippen molar-refractivity contribution >= 4 is 18.0 Å². The lowest BCUT2D eigenvalue weighted by Crippen LogP contribution is -2.33. The first-order chi connectivity index (χ1) is 7.49. The van der Waals surface area contributed by atoms with Crippen molar-refractivity contribution in [3.63, 3.8) is 0 Å². The molecule has 7 heteroatoms. The summed E-state index contributed by atoms with van der Waals surface area (Å²) in [5.74, 6) is -3.22. The molecule has 0 spiro atoms. The van der Waals surface area contributed by atoms with Crippen LogP contribution in [0.1, 0.15) is 19.8 Å². The normalized spacial score (nSPS) is 9.06. The Balaban J connectivity index is 4.17. The van der Waals surface area contributed by atoms with Crippen molar-refractivity contribution in [1.29, 1.82) is 0 Å². The van der Waals surface area contributed by atoms with E-state index in [1.165, 1.54) is 0 Å². The summed E-state index contributed by atoms with van der Waals surface area (Å²) in [6.07, 6.45) is 2.35. The molecule has 0 bridgehead atoms. The van der Waals surface area contributed by atoms with Crippen LogP contribution in [0.3, 0.4) is 0 Å². The van der Waals surface area contributed by atoms with Gasteiger partial charge in [-0.05, 0) is 6.42 Å². The van der Waals surface area contributed by atoms with Gasteiger partial charge >= 0.3 is 18.0 Å². The largest absolute Gasteiger partial charge is 0.477 e. The maximum atomic E-state index is 11.0. The Kier molecular flexibility index (Phi) is 6.34. The standard InChI is InChI=1S/C9H14N2O5/c1-2-3-4-10-9(16)11-5-6(7(12)13)8(14)15/h5H,2-4H2,1H3,(H,12,13)(H,14,15)(H2,10,11,16). The van der Waals surface area contributed by atoms with E-state index in [2.05, 4.69) is 5.32 Å². The van der Waals surface area contributed by atoms with Crippen LogP contribution in [-0.2, 0) is 9.59 Å². The molecule has 0 fully saturated rings. The number of aliphatic carboxylic acids is 2. The molecule has 7 nitrogen and oxygen atoms in total. The van der Waals surface area contributed by atoms with Crippen LogP contribution in [0.4, 0.5) is 4.79 Å². The summed E-state index contributed by atoms with van der Waals surface area (Å²) in [4.78, 5) is 31.8. The molecule has 0 saturated carbocycles. The number of carboxylic acid groups (broad SMARTS) is 2. The molecule has 0 rings (SSSR count). The highest BCUT2D eigenvalue weighted by atomic mass is 16.4. The third kappa shape index (κ3) is 5.63. The molecule has 0 saturated heterocycles. The first-order valence-electron chi connectivity index (χ1n) is 4.70. The van der Waals surface area contributed by atoms with E-state index in [9.17, 15) is 14.4 Å². The zero-order valence-corrected chi connectivity index (χ0v) is 8.82. The van der Waals surface area contributed by atoms with Crippen LogP contribution in [0.5, 0.6) is 0 Å². The van der Waals surface area contributed by atoms with Gasteiger partial charge in [-0.1, -0.05) is 13.3 Å². The Hall–Kier alpha value is -2.05. The van der Waals surface area contributed by atoms with Gasteiger partial charge in [0.1, 0.15) is 0 Å². The topological polar surface area (TPSA) is 116 Å². The second-order valence-electron chi connectivity index (χ2n) is 2.92. The van der Waals surface area contributed by atoms with Crippen LogP contribution < -0.4 is 10.6 Å². The number of nitrogens with one attached hydrogen (secondary N) is 2. The van der Waals surface area contributed by atoms with E-state index < -0.39 is 23.5 Å². The van der Waals surface area contributed by atoms with Gasteiger partial charge in [-0.15, -0.1) is 0 Å². The predicted octanol–water partition coefficient (Wildman–Crippen LogP) is 0.139. The Morgan fingerprint density at radius 3 is 2.19 bits per heavy atom. The van der Waals surface area contributed by atoms with Gasteiger partial charge in [0.2, 0.25) is 0 Å². The number of rotatable bonds is 6. The number of unbranched alkanes of at least 4 members (excludes halogenated alkanes) is 1. The number of urea groups is 1. The molecule has 0 atom stereocenters. The minimum absolute atomic E-state index is 0.450. The van der Waals surface area contributed by atoms with E-state index in [1.54, 1.807) is 0 Å². The molecule has 16 heavy (non-hydrogen) atoms.